The van der Waals surface area contributed by atoms with Gasteiger partial charge in [0.25, 0.3) is 0 Å². The Balaban J connectivity index is 4.56. The number of methoxy groups -OCH3 is 1. The quantitative estimate of drug-likeness (QED) is 0.790. The van der Waals surface area contributed by atoms with E-state index in [2.05, 4.69) is 0 Å². The highest BCUT2D eigenvalue weighted by Gasteiger charge is 2.35. The molecule has 1 atom stereocenters. The van der Waals surface area contributed by atoms with Crippen LogP contribution in [0.4, 0.5) is 13.2 Å². The molecule has 0 saturated carbocycles. The molecular weight excluding hydrogens is 233 g/mol. The second-order valence-corrected chi connectivity index (χ2v) is 5.05. The van der Waals surface area contributed by atoms with E-state index in [1.54, 1.807) is 27.7 Å². The molecular formula is C11H23F3N2O. The van der Waals surface area contributed by atoms with Crippen LogP contribution < -0.4 is 5.73 Å². The van der Waals surface area contributed by atoms with E-state index >= 15 is 0 Å². The highest BCUT2D eigenvalue weighted by molar-refractivity contribution is 4.86. The van der Waals surface area contributed by atoms with Gasteiger partial charge in [0.2, 0.25) is 0 Å². The summed E-state index contributed by atoms with van der Waals surface area (Å²) >= 11 is 0. The van der Waals surface area contributed by atoms with Crippen molar-refractivity contribution in [3.05, 3.63) is 0 Å². The van der Waals surface area contributed by atoms with Crippen molar-refractivity contribution < 1.29 is 17.9 Å². The largest absolute Gasteiger partial charge is 0.401 e. The molecule has 0 aromatic heterocycles. The third kappa shape index (κ3) is 6.24. The molecule has 0 heterocycles. The van der Waals surface area contributed by atoms with Crippen LogP contribution in [0.15, 0.2) is 0 Å². The molecule has 1 unspecified atom stereocenters. The van der Waals surface area contributed by atoms with Gasteiger partial charge in [0.1, 0.15) is 0 Å². The molecule has 0 aliphatic carbocycles. The lowest BCUT2D eigenvalue weighted by Gasteiger charge is -2.36. The fourth-order valence-corrected chi connectivity index (χ4v) is 1.31. The van der Waals surface area contributed by atoms with Crippen LogP contribution in [0.25, 0.3) is 0 Å². The zero-order valence-corrected chi connectivity index (χ0v) is 11.1. The van der Waals surface area contributed by atoms with Crippen molar-refractivity contribution in [1.82, 2.24) is 4.90 Å². The van der Waals surface area contributed by atoms with Gasteiger partial charge in [-0.05, 0) is 27.7 Å². The van der Waals surface area contributed by atoms with Gasteiger partial charge in [-0.2, -0.15) is 13.2 Å². The van der Waals surface area contributed by atoms with E-state index in [4.69, 9.17) is 10.5 Å². The van der Waals surface area contributed by atoms with Gasteiger partial charge < -0.3 is 10.5 Å². The number of rotatable bonds is 6. The SMILES string of the molecule is COC(C)(C)C(N)CN(CC(F)(F)F)C(C)C. The molecule has 0 aromatic rings. The molecule has 2 N–H and O–H groups in total. The van der Waals surface area contributed by atoms with Gasteiger partial charge in [0.15, 0.2) is 0 Å². The summed E-state index contributed by atoms with van der Waals surface area (Å²) in [6, 6.07) is -0.687. The highest BCUT2D eigenvalue weighted by Crippen LogP contribution is 2.20. The number of halogens is 3. The predicted octanol–water partition coefficient (Wildman–Crippen LogP) is 2.01. The smallest absolute Gasteiger partial charge is 0.377 e. The first-order chi connectivity index (χ1) is 7.49. The molecule has 17 heavy (non-hydrogen) atoms. The zero-order chi connectivity index (χ0) is 13.9. The monoisotopic (exact) mass is 256 g/mol. The number of hydrogen-bond acceptors (Lipinski definition) is 3. The number of hydrogen-bond donors (Lipinski definition) is 1. The lowest BCUT2D eigenvalue weighted by atomic mass is 9.98. The average Bonchev–Trinajstić information content (AvgIpc) is 2.14. The van der Waals surface area contributed by atoms with Gasteiger partial charge >= 0.3 is 6.18 Å². The van der Waals surface area contributed by atoms with Crippen LogP contribution in [-0.4, -0.2) is 49.0 Å². The number of alkyl halides is 3. The molecule has 3 nitrogen and oxygen atoms in total. The Morgan fingerprint density at radius 2 is 1.71 bits per heavy atom. The van der Waals surface area contributed by atoms with Crippen LogP contribution in [0.5, 0.6) is 0 Å². The van der Waals surface area contributed by atoms with Crippen LogP contribution in [-0.2, 0) is 4.74 Å². The van der Waals surface area contributed by atoms with Crippen molar-refractivity contribution in [1.29, 1.82) is 0 Å². The summed E-state index contributed by atoms with van der Waals surface area (Å²) in [5.41, 5.74) is 5.25. The third-order valence-electron chi connectivity index (χ3n) is 2.96. The predicted molar refractivity (Wildman–Crippen MR) is 61.8 cm³/mol. The molecule has 0 amide bonds. The third-order valence-corrected chi connectivity index (χ3v) is 2.96. The van der Waals surface area contributed by atoms with Crippen molar-refractivity contribution in [2.24, 2.45) is 5.73 Å². The van der Waals surface area contributed by atoms with Gasteiger partial charge in [0, 0.05) is 25.7 Å². The number of nitrogens with two attached hydrogens (primary N) is 1. The van der Waals surface area contributed by atoms with E-state index in [-0.39, 0.29) is 12.6 Å². The van der Waals surface area contributed by atoms with E-state index in [1.165, 1.54) is 12.0 Å². The van der Waals surface area contributed by atoms with Crippen molar-refractivity contribution in [3.63, 3.8) is 0 Å². The Bertz CT molecular complexity index is 229. The van der Waals surface area contributed by atoms with Gasteiger partial charge in [-0.1, -0.05) is 0 Å². The molecule has 0 radical (unpaired) electrons. The topological polar surface area (TPSA) is 38.5 Å². The second-order valence-electron chi connectivity index (χ2n) is 5.05. The lowest BCUT2D eigenvalue weighted by Crippen LogP contribution is -2.54. The standard InChI is InChI=1S/C11H23F3N2O/c1-8(2)16(7-11(12,13)14)6-9(15)10(3,4)17-5/h8-9H,6-7,15H2,1-5H3. The molecule has 0 rings (SSSR count). The Hall–Kier alpha value is -0.330. The molecule has 0 spiro atoms. The Labute approximate surface area is 101 Å². The molecule has 6 heteroatoms. The zero-order valence-electron chi connectivity index (χ0n) is 11.1. The number of nitrogens with zero attached hydrogens (tertiary/aromatic N) is 1. The van der Waals surface area contributed by atoms with Crippen LogP contribution in [0.1, 0.15) is 27.7 Å². The summed E-state index contributed by atoms with van der Waals surface area (Å²) < 4.78 is 42.3. The van der Waals surface area contributed by atoms with E-state index in [0.717, 1.165) is 0 Å². The minimum atomic E-state index is -4.21. The van der Waals surface area contributed by atoms with Gasteiger partial charge in [-0.3, -0.25) is 4.90 Å². The van der Waals surface area contributed by atoms with Crippen LogP contribution in [0.3, 0.4) is 0 Å². The second kappa shape index (κ2) is 6.02. The number of ether oxygens (including phenoxy) is 1. The molecule has 0 fully saturated rings. The molecule has 0 aromatic carbocycles. The maximum absolute atomic E-state index is 12.4. The van der Waals surface area contributed by atoms with Crippen LogP contribution >= 0.6 is 0 Å². The van der Waals surface area contributed by atoms with Crippen LogP contribution in [0, 0.1) is 0 Å². The Morgan fingerprint density at radius 1 is 1.24 bits per heavy atom. The highest BCUT2D eigenvalue weighted by atomic mass is 19.4. The average molecular weight is 256 g/mol. The first-order valence-electron chi connectivity index (χ1n) is 5.61. The van der Waals surface area contributed by atoms with Crippen molar-refractivity contribution in [2.75, 3.05) is 20.2 Å². The van der Waals surface area contributed by atoms with E-state index in [0.29, 0.717) is 0 Å². The fraction of sp³-hybridized carbons (Fsp3) is 1.00. The summed E-state index contributed by atoms with van der Waals surface area (Å²) in [4.78, 5) is 1.31. The minimum Gasteiger partial charge on any atom is -0.377 e. The fourth-order valence-electron chi connectivity index (χ4n) is 1.31. The molecule has 0 saturated heterocycles. The minimum absolute atomic E-state index is 0.151. The summed E-state index contributed by atoms with van der Waals surface area (Å²) in [6.07, 6.45) is -4.21. The first-order valence-corrected chi connectivity index (χ1v) is 5.61. The van der Waals surface area contributed by atoms with Gasteiger partial charge in [-0.25, -0.2) is 0 Å². The Kier molecular flexibility index (Phi) is 5.90. The lowest BCUT2D eigenvalue weighted by molar-refractivity contribution is -0.152. The van der Waals surface area contributed by atoms with Crippen LogP contribution in [0.2, 0.25) is 0 Å². The van der Waals surface area contributed by atoms with Crippen molar-refractivity contribution in [2.45, 2.75) is 51.6 Å². The van der Waals surface area contributed by atoms with E-state index < -0.39 is 24.4 Å². The molecule has 0 aliphatic heterocycles. The summed E-state index contributed by atoms with van der Waals surface area (Å²) in [6.45, 7) is 6.18. The molecule has 0 bridgehead atoms. The van der Waals surface area contributed by atoms with E-state index in [1.807, 2.05) is 0 Å². The summed E-state index contributed by atoms with van der Waals surface area (Å²) in [5.74, 6) is 0. The van der Waals surface area contributed by atoms with Crippen molar-refractivity contribution in [3.8, 4) is 0 Å². The summed E-state index contributed by atoms with van der Waals surface area (Å²) in [7, 11) is 1.50. The molecule has 104 valence electrons. The van der Waals surface area contributed by atoms with Crippen molar-refractivity contribution >= 4 is 0 Å². The van der Waals surface area contributed by atoms with Gasteiger partial charge in [-0.15, -0.1) is 0 Å². The summed E-state index contributed by atoms with van der Waals surface area (Å²) in [5, 5.41) is 0. The maximum Gasteiger partial charge on any atom is 0.401 e. The maximum atomic E-state index is 12.4. The first kappa shape index (κ1) is 16.7. The van der Waals surface area contributed by atoms with E-state index in [9.17, 15) is 13.2 Å². The molecule has 0 aliphatic rings. The Morgan fingerprint density at radius 3 is 2.00 bits per heavy atom. The van der Waals surface area contributed by atoms with Gasteiger partial charge in [0.05, 0.1) is 12.1 Å². The normalized spacial score (nSPS) is 15.7.